The van der Waals surface area contributed by atoms with Crippen LogP contribution in [0.5, 0.6) is 0 Å². The van der Waals surface area contributed by atoms with E-state index in [4.69, 9.17) is 34.8 Å². The van der Waals surface area contributed by atoms with Gasteiger partial charge in [0.05, 0.1) is 18.1 Å². The van der Waals surface area contributed by atoms with Gasteiger partial charge in [-0.25, -0.2) is 0 Å². The fourth-order valence-electron chi connectivity index (χ4n) is 18.0. The van der Waals surface area contributed by atoms with Crippen LogP contribution in [0.2, 0.25) is 15.1 Å². The maximum Gasteiger partial charge on any atom is 0.251 e. The Morgan fingerprint density at radius 3 is 1.11 bits per heavy atom. The van der Waals surface area contributed by atoms with Gasteiger partial charge in [-0.3, -0.25) is 28.8 Å². The molecule has 0 spiro atoms. The van der Waals surface area contributed by atoms with E-state index in [1.54, 1.807) is 0 Å². The van der Waals surface area contributed by atoms with Crippen LogP contribution >= 0.6 is 34.8 Å². The number of unbranched alkanes of at least 4 members (excludes halogenated alkanes) is 1. The number of hydrogen-bond donors (Lipinski definition) is 7. The maximum atomic E-state index is 14.2. The predicted octanol–water partition coefficient (Wildman–Crippen LogP) is 17.9. The molecule has 0 bridgehead atoms. The van der Waals surface area contributed by atoms with E-state index in [9.17, 15) is 28.8 Å². The standard InChI is InChI=1S/C37H49ClN4O2.C32H39ClN4O2.C31H38ClN3O2/c1-4-27(28-8-6-5-7-9-28)25-42-21-17-34(24-39-36(43)32-11-10-31-23-33(38)13-12-30(31)22-32)40-35(37(42)44)29-15-19-41(20-16-29)18-14-26(2)3;1-2-22(23-6-4-3-5-7-23)21-37-17-14-29(36-30(32(37)39)24-12-15-34-16-13-24)20-35-31(38)27-9-8-26-19-28(33)11-10-25(26)18-27;1-3-5-11-29-31(37)35(21-22(4-2)23-9-7-6-8-10-23)17-16-28(34-29)20-33-30(36)26-13-12-25-19-27(32)15-14-24(25)18-26/h5-13,22-23,26-27,29,34-35,40H,4,14-21,24-25H2,1-3H3,(H,39,43);3-11,18-19,22,24,29-30,34,36H,2,12-17,20-21H2,1H3,(H,35,38);6-10,12-15,18-19,22,28-29,34H,3-5,11,16-17,20-21H2,1-2H3,(H,33,36)/t27-,34?,35?;22-,29?,30?;22-,28+,29+/m111/s1. The second-order valence-corrected chi connectivity index (χ2v) is 35.5. The highest BCUT2D eigenvalue weighted by atomic mass is 35.5. The molecular formula is C100H126Cl3N11O6. The van der Waals surface area contributed by atoms with Crippen molar-refractivity contribution in [3.05, 3.63) is 249 Å². The lowest BCUT2D eigenvalue weighted by Crippen LogP contribution is -2.54. The fourth-order valence-corrected chi connectivity index (χ4v) is 18.5. The number of nitrogens with zero attached hydrogens (tertiary/aromatic N) is 4. The predicted molar refractivity (Wildman–Crippen MR) is 492 cm³/mol. The van der Waals surface area contributed by atoms with Crippen LogP contribution in [-0.4, -0.2) is 183 Å². The van der Waals surface area contributed by atoms with E-state index >= 15 is 0 Å². The van der Waals surface area contributed by atoms with Gasteiger partial charge in [-0.15, -0.1) is 0 Å². The summed E-state index contributed by atoms with van der Waals surface area (Å²) in [5.74, 6) is 2.53. The van der Waals surface area contributed by atoms with Crippen LogP contribution in [0.25, 0.3) is 32.3 Å². The van der Waals surface area contributed by atoms with E-state index in [2.05, 4.69) is 166 Å². The Morgan fingerprint density at radius 2 is 0.750 bits per heavy atom. The number of hydrogen-bond acceptors (Lipinski definition) is 11. The summed E-state index contributed by atoms with van der Waals surface area (Å²) in [5, 5.41) is 31.9. The largest absolute Gasteiger partial charge is 0.350 e. The first-order chi connectivity index (χ1) is 58.3. The van der Waals surface area contributed by atoms with Gasteiger partial charge in [0.15, 0.2) is 0 Å². The summed E-state index contributed by atoms with van der Waals surface area (Å²) in [6.45, 7) is 24.1. The summed E-state index contributed by atoms with van der Waals surface area (Å²) >= 11 is 18.3. The third-order valence-corrected chi connectivity index (χ3v) is 26.1. The zero-order valence-corrected chi connectivity index (χ0v) is 73.4. The molecule has 20 heteroatoms. The summed E-state index contributed by atoms with van der Waals surface area (Å²) in [6, 6.07) is 65.0. The van der Waals surface area contributed by atoms with E-state index in [1.807, 2.05) is 132 Å². The monoisotopic (exact) mass is 1680 g/mol. The van der Waals surface area contributed by atoms with Gasteiger partial charge >= 0.3 is 0 Å². The lowest BCUT2D eigenvalue weighted by Gasteiger charge is -2.38. The summed E-state index contributed by atoms with van der Waals surface area (Å²) < 4.78 is 0. The molecule has 5 aliphatic heterocycles. The fraction of sp³-hybridized carbons (Fsp3) is 0.460. The molecule has 7 N–H and O–H groups in total. The van der Waals surface area contributed by atoms with Crippen molar-refractivity contribution in [3.8, 4) is 0 Å². The average Bonchev–Trinajstić information content (AvgIpc) is 1.74. The van der Waals surface area contributed by atoms with Gasteiger partial charge in [-0.1, -0.05) is 217 Å². The van der Waals surface area contributed by atoms with E-state index < -0.39 is 0 Å². The van der Waals surface area contributed by atoms with Crippen molar-refractivity contribution in [2.75, 3.05) is 91.6 Å². The van der Waals surface area contributed by atoms with E-state index in [0.29, 0.717) is 107 Å². The van der Waals surface area contributed by atoms with Gasteiger partial charge in [-0.05, 0) is 249 Å². The molecule has 9 aromatic rings. The van der Waals surface area contributed by atoms with Crippen LogP contribution in [0.4, 0.5) is 0 Å². The van der Waals surface area contributed by atoms with E-state index in [0.717, 1.165) is 168 Å². The zero-order valence-electron chi connectivity index (χ0n) is 71.2. The maximum absolute atomic E-state index is 14.2. The second-order valence-electron chi connectivity index (χ2n) is 34.2. The molecule has 9 atom stereocenters. The lowest BCUT2D eigenvalue weighted by molar-refractivity contribution is -0.135. The Hall–Kier alpha value is -8.75. The third kappa shape index (κ3) is 25.5. The Labute approximate surface area is 726 Å². The molecule has 5 aliphatic rings. The van der Waals surface area contributed by atoms with Crippen LogP contribution in [0.1, 0.15) is 197 Å². The van der Waals surface area contributed by atoms with Crippen LogP contribution < -0.4 is 37.2 Å². The summed E-state index contributed by atoms with van der Waals surface area (Å²) in [5.41, 5.74) is 5.73. The van der Waals surface area contributed by atoms with Crippen molar-refractivity contribution in [2.24, 2.45) is 17.8 Å². The number of carbonyl (C=O) groups excluding carboxylic acids is 6. The van der Waals surface area contributed by atoms with Crippen molar-refractivity contribution in [1.29, 1.82) is 0 Å². The summed E-state index contributed by atoms with van der Waals surface area (Å²) in [4.78, 5) is 89.8. The van der Waals surface area contributed by atoms with E-state index in [1.165, 1.54) is 23.1 Å². The van der Waals surface area contributed by atoms with Crippen molar-refractivity contribution in [3.63, 3.8) is 0 Å². The van der Waals surface area contributed by atoms with Crippen LogP contribution in [0, 0.1) is 17.8 Å². The number of carbonyl (C=O) groups is 6. The Bertz CT molecular complexity index is 4820. The van der Waals surface area contributed by atoms with Crippen molar-refractivity contribution in [1.82, 2.24) is 56.8 Å². The number of benzene rings is 9. The minimum absolute atomic E-state index is 0.0212. The molecule has 6 amide bonds. The number of amides is 6. The van der Waals surface area contributed by atoms with E-state index in [-0.39, 0.29) is 71.7 Å². The Morgan fingerprint density at radius 1 is 0.408 bits per heavy atom. The normalized spacial score (nSPS) is 20.6. The van der Waals surface area contributed by atoms with Crippen molar-refractivity contribution in [2.45, 2.75) is 185 Å². The first-order valence-corrected chi connectivity index (χ1v) is 45.6. The molecular weight excluding hydrogens is 1560 g/mol. The number of piperidine rings is 2. The van der Waals surface area contributed by atoms with Gasteiger partial charge in [-0.2, -0.15) is 0 Å². The van der Waals surface area contributed by atoms with Crippen molar-refractivity contribution >= 4 is 103 Å². The lowest BCUT2D eigenvalue weighted by atomic mass is 9.87. The summed E-state index contributed by atoms with van der Waals surface area (Å²) in [6.07, 6.45) is 13.4. The first-order valence-electron chi connectivity index (χ1n) is 44.4. The average molecular weight is 1680 g/mol. The molecule has 0 aliphatic carbocycles. The minimum Gasteiger partial charge on any atom is -0.350 e. The molecule has 9 aromatic carbocycles. The number of nitrogens with one attached hydrogen (secondary N) is 7. The third-order valence-electron chi connectivity index (χ3n) is 25.4. The Kier molecular flexibility index (Phi) is 34.2. The molecule has 0 saturated carbocycles. The highest BCUT2D eigenvalue weighted by Crippen LogP contribution is 2.32. The number of halogens is 3. The molecule has 5 heterocycles. The van der Waals surface area contributed by atoms with Gasteiger partial charge in [0, 0.05) is 127 Å². The smallest absolute Gasteiger partial charge is 0.251 e. The van der Waals surface area contributed by atoms with Crippen molar-refractivity contribution < 1.29 is 28.8 Å². The zero-order chi connectivity index (χ0) is 84.4. The van der Waals surface area contributed by atoms with Gasteiger partial charge < -0.3 is 56.8 Å². The molecule has 4 unspecified atom stereocenters. The SMILES string of the molecule is CCCC[C@@H]1N[C@H](CNC(=O)c2ccc3cc(Cl)ccc3c2)CCN(C[C@@H](CC)c2ccccc2)C1=O.CC[C@H](CN1CCC(CNC(=O)c2ccc3cc(Cl)ccc3c2)NC(C2CCN(CCC(C)C)CC2)C1=O)c1ccccc1.CC[C@H](CN1CCC(CNC(=O)c2ccc3cc(Cl)ccc3c2)NC(C2CCNCC2)C1=O)c1ccccc1. The number of likely N-dealkylation sites (tertiary alicyclic amines) is 1. The van der Waals surface area contributed by atoms with Gasteiger partial charge in [0.2, 0.25) is 17.7 Å². The molecule has 0 aromatic heterocycles. The molecule has 14 rings (SSSR count). The molecule has 120 heavy (non-hydrogen) atoms. The van der Waals surface area contributed by atoms with Gasteiger partial charge in [0.1, 0.15) is 0 Å². The second kappa shape index (κ2) is 45.4. The highest BCUT2D eigenvalue weighted by Gasteiger charge is 2.41. The molecule has 5 fully saturated rings. The Balaban J connectivity index is 0.000000166. The van der Waals surface area contributed by atoms with Crippen LogP contribution in [0.15, 0.2) is 200 Å². The number of rotatable bonds is 29. The van der Waals surface area contributed by atoms with Gasteiger partial charge in [0.25, 0.3) is 17.7 Å². The molecule has 0 radical (unpaired) electrons. The highest BCUT2D eigenvalue weighted by molar-refractivity contribution is 6.32. The summed E-state index contributed by atoms with van der Waals surface area (Å²) in [7, 11) is 0. The van der Waals surface area contributed by atoms with Crippen LogP contribution in [-0.2, 0) is 14.4 Å². The molecule has 5 saturated heterocycles. The minimum atomic E-state index is -0.231. The number of fused-ring (bicyclic) bond motifs is 3. The van der Waals surface area contributed by atoms with Crippen LogP contribution in [0.3, 0.4) is 0 Å². The first kappa shape index (κ1) is 90.5. The molecule has 17 nitrogen and oxygen atoms in total. The topological polar surface area (TPSA) is 200 Å². The quantitative estimate of drug-likeness (QED) is 0.0235. The molecule has 638 valence electrons.